The molecule has 4 rings (SSSR count). The number of carboxylic acid groups (broad SMARTS) is 1. The molecule has 8 heteroatoms. The predicted octanol–water partition coefficient (Wildman–Crippen LogP) is 4.55. The topological polar surface area (TPSA) is 92.3 Å². The molecule has 1 aromatic carbocycles. The van der Waals surface area contributed by atoms with E-state index in [2.05, 4.69) is 9.97 Å². The lowest BCUT2D eigenvalue weighted by molar-refractivity contribution is 0.0690. The number of nitrogens with two attached hydrogens (primary N) is 1. The van der Waals surface area contributed by atoms with E-state index in [1.165, 1.54) is 6.42 Å². The summed E-state index contributed by atoms with van der Waals surface area (Å²) in [4.78, 5) is 23.1. The third-order valence-corrected chi connectivity index (χ3v) is 7.32. The third kappa shape index (κ3) is 3.58. The summed E-state index contributed by atoms with van der Waals surface area (Å²) in [5.41, 5.74) is 8.14. The molecule has 0 amide bonds. The van der Waals surface area contributed by atoms with Crippen molar-refractivity contribution < 1.29 is 9.90 Å². The van der Waals surface area contributed by atoms with E-state index in [-0.39, 0.29) is 17.2 Å². The molecule has 2 heterocycles. The highest BCUT2D eigenvalue weighted by Gasteiger charge is 2.43. The molecular weight excluding hydrogens is 411 g/mol. The van der Waals surface area contributed by atoms with Crippen LogP contribution in [0.1, 0.15) is 48.3 Å². The van der Waals surface area contributed by atoms with E-state index in [1.807, 2.05) is 11.8 Å². The summed E-state index contributed by atoms with van der Waals surface area (Å²) < 4.78 is 0. The first-order valence-electron chi connectivity index (χ1n) is 9.89. The molecule has 2 fully saturated rings. The smallest absolute Gasteiger partial charge is 0.358 e. The number of benzene rings is 1. The van der Waals surface area contributed by atoms with Crippen molar-refractivity contribution in [1.82, 2.24) is 9.97 Å². The number of nitrogens with zero attached hydrogens (tertiary/aromatic N) is 3. The Balaban J connectivity index is 1.69. The molecule has 6 nitrogen and oxygen atoms in total. The molecule has 1 aliphatic carbocycles. The first-order chi connectivity index (χ1) is 13.8. The van der Waals surface area contributed by atoms with E-state index in [9.17, 15) is 9.90 Å². The maximum atomic E-state index is 12.0. The van der Waals surface area contributed by atoms with Crippen molar-refractivity contribution in [1.29, 1.82) is 0 Å². The van der Waals surface area contributed by atoms with Gasteiger partial charge in [0.25, 0.3) is 0 Å². The molecule has 1 spiro atoms. The Morgan fingerprint density at radius 2 is 1.97 bits per heavy atom. The van der Waals surface area contributed by atoms with Gasteiger partial charge in [-0.25, -0.2) is 14.8 Å². The van der Waals surface area contributed by atoms with E-state index >= 15 is 0 Å². The minimum atomic E-state index is -1.11. The Morgan fingerprint density at radius 1 is 1.24 bits per heavy atom. The average Bonchev–Trinajstić information content (AvgIpc) is 3.04. The van der Waals surface area contributed by atoms with Crippen molar-refractivity contribution in [2.75, 3.05) is 18.0 Å². The number of carboxylic acids is 1. The van der Waals surface area contributed by atoms with E-state index in [1.54, 1.807) is 18.2 Å². The van der Waals surface area contributed by atoms with Gasteiger partial charge in [0.1, 0.15) is 0 Å². The number of aromatic carboxylic acids is 1. The van der Waals surface area contributed by atoms with Gasteiger partial charge < -0.3 is 15.7 Å². The second-order valence-electron chi connectivity index (χ2n) is 8.08. The van der Waals surface area contributed by atoms with Crippen molar-refractivity contribution in [3.05, 3.63) is 39.6 Å². The highest BCUT2D eigenvalue weighted by molar-refractivity contribution is 6.43. The van der Waals surface area contributed by atoms with Gasteiger partial charge in [0, 0.05) is 24.7 Å². The van der Waals surface area contributed by atoms with Crippen LogP contribution in [0.25, 0.3) is 11.3 Å². The van der Waals surface area contributed by atoms with Crippen LogP contribution >= 0.6 is 23.2 Å². The van der Waals surface area contributed by atoms with Crippen molar-refractivity contribution in [2.45, 2.75) is 45.1 Å². The highest BCUT2D eigenvalue weighted by Crippen LogP contribution is 2.46. The summed E-state index contributed by atoms with van der Waals surface area (Å²) in [6.45, 7) is 3.28. The number of hydrogen-bond donors (Lipinski definition) is 2. The molecule has 0 unspecified atom stereocenters. The van der Waals surface area contributed by atoms with Gasteiger partial charge in [-0.15, -0.1) is 0 Å². The van der Waals surface area contributed by atoms with Crippen LogP contribution in [0.2, 0.25) is 10.0 Å². The number of anilines is 1. The molecular formula is C21H24Cl2N4O2. The normalized spacial score (nSPS) is 21.0. The Hall–Kier alpha value is -1.89. The molecule has 1 aromatic heterocycles. The van der Waals surface area contributed by atoms with Gasteiger partial charge in [-0.3, -0.25) is 0 Å². The number of halogens is 2. The summed E-state index contributed by atoms with van der Waals surface area (Å²) in [7, 11) is 0. The molecule has 1 saturated carbocycles. The van der Waals surface area contributed by atoms with Gasteiger partial charge in [0.05, 0.1) is 21.4 Å². The monoisotopic (exact) mass is 434 g/mol. The fourth-order valence-electron chi connectivity index (χ4n) is 4.76. The largest absolute Gasteiger partial charge is 0.476 e. The number of aromatic nitrogens is 2. The van der Waals surface area contributed by atoms with Crippen molar-refractivity contribution in [3.63, 3.8) is 0 Å². The van der Waals surface area contributed by atoms with Gasteiger partial charge in [0.15, 0.2) is 11.5 Å². The zero-order chi connectivity index (χ0) is 20.8. The van der Waals surface area contributed by atoms with Gasteiger partial charge in [-0.2, -0.15) is 0 Å². The second kappa shape index (κ2) is 7.74. The van der Waals surface area contributed by atoms with Crippen LogP contribution in [0.5, 0.6) is 0 Å². The number of carbonyl (C=O) groups is 1. The average molecular weight is 435 g/mol. The van der Waals surface area contributed by atoms with Crippen LogP contribution in [0, 0.1) is 12.3 Å². The van der Waals surface area contributed by atoms with Crippen LogP contribution in [0.4, 0.5) is 5.82 Å². The molecule has 0 radical (unpaired) electrons. The van der Waals surface area contributed by atoms with Gasteiger partial charge >= 0.3 is 5.97 Å². The lowest BCUT2D eigenvalue weighted by atomic mass is 9.74. The first-order valence-corrected chi connectivity index (χ1v) is 10.6. The highest BCUT2D eigenvalue weighted by atomic mass is 35.5. The van der Waals surface area contributed by atoms with Crippen molar-refractivity contribution in [3.8, 4) is 11.3 Å². The molecule has 3 N–H and O–H groups in total. The summed E-state index contributed by atoms with van der Waals surface area (Å²) in [6.07, 6.45) is 5.32. The second-order valence-corrected chi connectivity index (χ2v) is 8.87. The lowest BCUT2D eigenvalue weighted by Gasteiger charge is -2.42. The quantitative estimate of drug-likeness (QED) is 0.735. The van der Waals surface area contributed by atoms with Crippen molar-refractivity contribution in [2.24, 2.45) is 11.1 Å². The van der Waals surface area contributed by atoms with Gasteiger partial charge in [0.2, 0.25) is 0 Å². The van der Waals surface area contributed by atoms with Crippen LogP contribution in [-0.2, 0) is 0 Å². The molecule has 2 aliphatic rings. The SMILES string of the molecule is Cc1nc(N2CCC3(CCC[C@H]3N)CC2)c(C(=O)O)nc1-c1cccc(Cl)c1Cl. The first kappa shape index (κ1) is 20.4. The maximum Gasteiger partial charge on any atom is 0.358 e. The number of rotatable bonds is 3. The molecule has 154 valence electrons. The van der Waals surface area contributed by atoms with E-state index in [0.717, 1.165) is 38.8 Å². The van der Waals surface area contributed by atoms with E-state index in [4.69, 9.17) is 28.9 Å². The summed E-state index contributed by atoms with van der Waals surface area (Å²) >= 11 is 12.5. The fourth-order valence-corrected chi connectivity index (χ4v) is 5.15. The maximum absolute atomic E-state index is 12.0. The number of piperidine rings is 1. The Morgan fingerprint density at radius 3 is 2.59 bits per heavy atom. The van der Waals surface area contributed by atoms with E-state index < -0.39 is 5.97 Å². The summed E-state index contributed by atoms with van der Waals surface area (Å²) in [5.74, 6) is -0.692. The molecule has 1 saturated heterocycles. The van der Waals surface area contributed by atoms with Gasteiger partial charge in [-0.05, 0) is 44.1 Å². The minimum Gasteiger partial charge on any atom is -0.476 e. The van der Waals surface area contributed by atoms with E-state index in [0.29, 0.717) is 32.8 Å². The molecule has 29 heavy (non-hydrogen) atoms. The fraction of sp³-hybridized carbons (Fsp3) is 0.476. The van der Waals surface area contributed by atoms with Crippen LogP contribution in [0.3, 0.4) is 0 Å². The molecule has 0 bridgehead atoms. The van der Waals surface area contributed by atoms with Crippen LogP contribution in [0.15, 0.2) is 18.2 Å². The Bertz CT molecular complexity index is 958. The number of hydrogen-bond acceptors (Lipinski definition) is 5. The zero-order valence-corrected chi connectivity index (χ0v) is 17.8. The zero-order valence-electron chi connectivity index (χ0n) is 16.3. The summed E-state index contributed by atoms with van der Waals surface area (Å²) in [5, 5.41) is 10.5. The molecule has 1 atom stereocenters. The van der Waals surface area contributed by atoms with Crippen molar-refractivity contribution >= 4 is 35.0 Å². The lowest BCUT2D eigenvalue weighted by Crippen LogP contribution is -2.47. The van der Waals surface area contributed by atoms with Crippen LogP contribution in [-0.4, -0.2) is 40.2 Å². The molecule has 1 aliphatic heterocycles. The number of aryl methyl sites for hydroxylation is 1. The Kier molecular flexibility index (Phi) is 5.44. The Labute approximate surface area is 180 Å². The van der Waals surface area contributed by atoms with Gasteiger partial charge in [-0.1, -0.05) is 41.8 Å². The predicted molar refractivity (Wildman–Crippen MR) is 115 cm³/mol. The standard InChI is InChI=1S/C21H24Cl2N4O2/c1-12-17(13-4-2-5-14(22)16(13)23)26-18(20(28)29)19(25-12)27-10-8-21(9-11-27)7-3-6-15(21)24/h2,4-5,15H,3,6-11,24H2,1H3,(H,28,29)/t15-/m1/s1. The minimum absolute atomic E-state index is 0.0617. The molecule has 2 aromatic rings. The van der Waals surface area contributed by atoms with Crippen LogP contribution < -0.4 is 10.6 Å². The third-order valence-electron chi connectivity index (χ3n) is 6.50. The summed E-state index contributed by atoms with van der Waals surface area (Å²) in [6, 6.07) is 5.44.